The fourth-order valence-electron chi connectivity index (χ4n) is 1.17. The summed E-state index contributed by atoms with van der Waals surface area (Å²) >= 11 is 0. The molecule has 74 valence electrons. The van der Waals surface area contributed by atoms with E-state index in [-0.39, 0.29) is 5.96 Å². The van der Waals surface area contributed by atoms with E-state index in [0.717, 1.165) is 5.69 Å². The molecule has 0 bridgehead atoms. The zero-order valence-corrected chi connectivity index (χ0v) is 7.65. The van der Waals surface area contributed by atoms with Crippen molar-refractivity contribution in [2.45, 2.75) is 12.7 Å². The molecule has 1 atom stereocenters. The van der Waals surface area contributed by atoms with Crippen molar-refractivity contribution in [1.29, 1.82) is 0 Å². The van der Waals surface area contributed by atoms with Crippen molar-refractivity contribution in [3.63, 3.8) is 0 Å². The molecule has 6 N–H and O–H groups in total. The van der Waals surface area contributed by atoms with Crippen LogP contribution in [0.1, 0.15) is 11.4 Å². The summed E-state index contributed by atoms with van der Waals surface area (Å²) in [5.74, 6) is -0.983. The second kappa shape index (κ2) is 2.81. The molecule has 1 unspecified atom stereocenters. The predicted octanol–water partition coefficient (Wildman–Crippen LogP) is -1.27. The lowest BCUT2D eigenvalue weighted by Crippen LogP contribution is -2.44. The number of aryl methyl sites for hydroxylation is 1. The van der Waals surface area contributed by atoms with Gasteiger partial charge in [0.1, 0.15) is 5.69 Å². The molecule has 0 radical (unpaired) electrons. The van der Waals surface area contributed by atoms with Crippen LogP contribution in [0.25, 0.3) is 0 Å². The van der Waals surface area contributed by atoms with Crippen LogP contribution >= 0.6 is 0 Å². The maximum absolute atomic E-state index is 5.90. The highest BCUT2D eigenvalue weighted by atomic mass is 15.3. The minimum atomic E-state index is -1.21. The van der Waals surface area contributed by atoms with Crippen LogP contribution < -0.4 is 16.8 Å². The van der Waals surface area contributed by atoms with Crippen LogP contribution in [0.5, 0.6) is 0 Å². The molecule has 0 saturated carbocycles. The van der Waals surface area contributed by atoms with Crippen molar-refractivity contribution in [1.82, 2.24) is 15.5 Å². The van der Waals surface area contributed by atoms with Crippen LogP contribution in [0.3, 0.4) is 0 Å². The number of aliphatic imine (C=N–C) groups is 2. The Balaban J connectivity index is 2.41. The minimum absolute atomic E-state index is 0.225. The van der Waals surface area contributed by atoms with Crippen molar-refractivity contribution < 1.29 is 0 Å². The molecule has 0 aromatic carbocycles. The molecule has 2 rings (SSSR count). The highest BCUT2D eigenvalue weighted by molar-refractivity contribution is 5.90. The monoisotopic (exact) mass is 193 g/mol. The van der Waals surface area contributed by atoms with Gasteiger partial charge >= 0.3 is 0 Å². The van der Waals surface area contributed by atoms with Gasteiger partial charge in [0.2, 0.25) is 0 Å². The minimum Gasteiger partial charge on any atom is -0.370 e. The van der Waals surface area contributed by atoms with Gasteiger partial charge in [-0.3, -0.25) is 10.8 Å². The molecule has 1 aromatic rings. The first-order valence-corrected chi connectivity index (χ1v) is 4.07. The molecule has 0 fully saturated rings. The summed E-state index contributed by atoms with van der Waals surface area (Å²) < 4.78 is 0. The Kier molecular flexibility index (Phi) is 1.74. The average molecular weight is 193 g/mol. The Bertz CT molecular complexity index is 404. The van der Waals surface area contributed by atoms with Gasteiger partial charge < -0.3 is 11.1 Å². The van der Waals surface area contributed by atoms with Crippen LogP contribution in [-0.4, -0.2) is 22.5 Å². The van der Waals surface area contributed by atoms with Gasteiger partial charge in [-0.2, -0.15) is 5.10 Å². The average Bonchev–Trinajstić information content (AvgIpc) is 2.52. The van der Waals surface area contributed by atoms with Crippen molar-refractivity contribution in [3.8, 4) is 0 Å². The number of aromatic amines is 1. The fourth-order valence-corrected chi connectivity index (χ4v) is 1.17. The van der Waals surface area contributed by atoms with Crippen LogP contribution in [0.2, 0.25) is 0 Å². The Labute approximate surface area is 80.3 Å². The topological polar surface area (TPSA) is 117 Å². The molecule has 0 saturated heterocycles. The molecule has 1 aliphatic rings. The molecular weight excluding hydrogens is 182 g/mol. The van der Waals surface area contributed by atoms with Gasteiger partial charge in [0.05, 0.1) is 6.34 Å². The normalized spacial score (nSPS) is 25.7. The summed E-state index contributed by atoms with van der Waals surface area (Å²) in [5, 5.41) is 9.39. The zero-order valence-electron chi connectivity index (χ0n) is 7.65. The number of hydrogen-bond donors (Lipinski definition) is 4. The molecule has 2 heterocycles. The number of hydrogen-bond acceptors (Lipinski definition) is 6. The van der Waals surface area contributed by atoms with E-state index < -0.39 is 5.79 Å². The van der Waals surface area contributed by atoms with Gasteiger partial charge in [-0.25, -0.2) is 9.98 Å². The van der Waals surface area contributed by atoms with Gasteiger partial charge in [0.15, 0.2) is 5.96 Å². The molecule has 0 spiro atoms. The summed E-state index contributed by atoms with van der Waals surface area (Å²) in [7, 11) is 0. The summed E-state index contributed by atoms with van der Waals surface area (Å²) in [6.45, 7) is 1.87. The number of nitrogens with one attached hydrogen (secondary N) is 2. The third kappa shape index (κ3) is 1.33. The Morgan fingerprint density at radius 3 is 2.86 bits per heavy atom. The maximum atomic E-state index is 5.90. The first-order valence-electron chi connectivity index (χ1n) is 4.07. The van der Waals surface area contributed by atoms with Gasteiger partial charge in [0, 0.05) is 5.69 Å². The molecule has 7 nitrogen and oxygen atoms in total. The number of nitrogens with two attached hydrogens (primary N) is 2. The van der Waals surface area contributed by atoms with E-state index in [1.54, 1.807) is 6.07 Å². The van der Waals surface area contributed by atoms with Gasteiger partial charge in [-0.1, -0.05) is 0 Å². The predicted molar refractivity (Wildman–Crippen MR) is 52.4 cm³/mol. The van der Waals surface area contributed by atoms with E-state index in [4.69, 9.17) is 11.5 Å². The molecule has 7 heteroatoms. The van der Waals surface area contributed by atoms with Crippen LogP contribution in [0.15, 0.2) is 16.1 Å². The molecule has 0 amide bonds. The fraction of sp³-hybridized carbons (Fsp3) is 0.286. The molecule has 1 aliphatic heterocycles. The van der Waals surface area contributed by atoms with Gasteiger partial charge in [0.25, 0.3) is 5.79 Å². The molecule has 0 aliphatic carbocycles. The van der Waals surface area contributed by atoms with Crippen molar-refractivity contribution >= 4 is 12.3 Å². The van der Waals surface area contributed by atoms with Crippen molar-refractivity contribution in [3.05, 3.63) is 17.5 Å². The van der Waals surface area contributed by atoms with E-state index in [1.165, 1.54) is 6.34 Å². The molecule has 1 aromatic heterocycles. The van der Waals surface area contributed by atoms with Crippen LogP contribution in [-0.2, 0) is 5.79 Å². The first-order chi connectivity index (χ1) is 6.60. The van der Waals surface area contributed by atoms with E-state index in [1.807, 2.05) is 6.92 Å². The van der Waals surface area contributed by atoms with E-state index in [2.05, 4.69) is 25.5 Å². The summed E-state index contributed by atoms with van der Waals surface area (Å²) in [6.07, 6.45) is 1.41. The Morgan fingerprint density at radius 2 is 2.29 bits per heavy atom. The van der Waals surface area contributed by atoms with Gasteiger partial charge in [-0.05, 0) is 13.0 Å². The third-order valence-electron chi connectivity index (χ3n) is 1.85. The summed E-state index contributed by atoms with van der Waals surface area (Å²) in [4.78, 5) is 7.97. The quantitative estimate of drug-likeness (QED) is 0.445. The second-order valence-electron chi connectivity index (χ2n) is 3.06. The first kappa shape index (κ1) is 8.70. The zero-order chi connectivity index (χ0) is 10.2. The lowest BCUT2D eigenvalue weighted by molar-refractivity contribution is 0.472. The van der Waals surface area contributed by atoms with Crippen molar-refractivity contribution in [2.75, 3.05) is 0 Å². The highest BCUT2D eigenvalue weighted by Gasteiger charge is 2.30. The number of aromatic nitrogens is 2. The van der Waals surface area contributed by atoms with E-state index in [9.17, 15) is 0 Å². The Morgan fingerprint density at radius 1 is 1.50 bits per heavy atom. The van der Waals surface area contributed by atoms with E-state index >= 15 is 0 Å². The highest BCUT2D eigenvalue weighted by Crippen LogP contribution is 2.20. The summed E-state index contributed by atoms with van der Waals surface area (Å²) in [5.41, 5.74) is 12.8. The standard InChI is InChI=1S/C7H11N7/c1-4-2-5(14-13-4)7(9)11-3-10-6(8)12-7/h2-3H,9H2,1H3,(H,13,14)(H3,8,10,11,12). The van der Waals surface area contributed by atoms with E-state index in [0.29, 0.717) is 5.69 Å². The van der Waals surface area contributed by atoms with Crippen molar-refractivity contribution in [2.24, 2.45) is 21.5 Å². The maximum Gasteiger partial charge on any atom is 0.252 e. The largest absolute Gasteiger partial charge is 0.370 e. The molecule has 14 heavy (non-hydrogen) atoms. The van der Waals surface area contributed by atoms with Crippen LogP contribution in [0.4, 0.5) is 0 Å². The number of guanidine groups is 1. The number of nitrogens with zero attached hydrogens (tertiary/aromatic N) is 3. The SMILES string of the molecule is Cc1cc(C2(N)N=CNC(N)=N2)n[nH]1. The lowest BCUT2D eigenvalue weighted by Gasteiger charge is -2.21. The number of rotatable bonds is 1. The Hall–Kier alpha value is -1.89. The molecular formula is C7H11N7. The third-order valence-corrected chi connectivity index (χ3v) is 1.85. The lowest BCUT2D eigenvalue weighted by atomic mass is 10.2. The van der Waals surface area contributed by atoms with Crippen LogP contribution in [0, 0.1) is 6.92 Å². The second-order valence-corrected chi connectivity index (χ2v) is 3.06. The number of H-pyrrole nitrogens is 1. The smallest absolute Gasteiger partial charge is 0.252 e. The summed E-state index contributed by atoms with van der Waals surface area (Å²) in [6, 6.07) is 1.78. The van der Waals surface area contributed by atoms with Gasteiger partial charge in [-0.15, -0.1) is 0 Å².